The highest BCUT2D eigenvalue weighted by atomic mass is 32.2. The van der Waals surface area contributed by atoms with Crippen molar-refractivity contribution in [2.45, 2.75) is 35.8 Å². The van der Waals surface area contributed by atoms with E-state index in [0.29, 0.717) is 18.1 Å². The van der Waals surface area contributed by atoms with Crippen LogP contribution in [-0.2, 0) is 27.4 Å². The number of sulfone groups is 1. The van der Waals surface area contributed by atoms with E-state index in [9.17, 15) is 8.42 Å². The molecule has 0 N–H and O–H groups in total. The van der Waals surface area contributed by atoms with Crippen LogP contribution < -0.4 is 0 Å². The molecule has 0 amide bonds. The van der Waals surface area contributed by atoms with Gasteiger partial charge < -0.3 is 4.74 Å². The van der Waals surface area contributed by atoms with E-state index < -0.39 is 9.84 Å². The maximum atomic E-state index is 12.4. The van der Waals surface area contributed by atoms with Crippen molar-refractivity contribution in [1.29, 1.82) is 0 Å². The second-order valence-electron chi connectivity index (χ2n) is 4.81. The van der Waals surface area contributed by atoms with Gasteiger partial charge in [-0.25, -0.2) is 8.42 Å². The standard InChI is InChI=1S/C13H16O3S/c14-17(15,11-8-16-9-11)13-7-3-5-10-4-1-2-6-12(10)13/h3,5,7,11H,1-2,4,6,8-9H2. The molecule has 3 rings (SSSR count). The number of ether oxygens (including phenoxy) is 1. The summed E-state index contributed by atoms with van der Waals surface area (Å²) in [7, 11) is -3.17. The van der Waals surface area contributed by atoms with Gasteiger partial charge in [-0.05, 0) is 42.9 Å². The lowest BCUT2D eigenvalue weighted by molar-refractivity contribution is 0.0415. The van der Waals surface area contributed by atoms with Gasteiger partial charge in [-0.3, -0.25) is 0 Å². The molecule has 0 spiro atoms. The van der Waals surface area contributed by atoms with Gasteiger partial charge in [0.05, 0.1) is 18.1 Å². The van der Waals surface area contributed by atoms with Gasteiger partial charge in [0.2, 0.25) is 0 Å². The van der Waals surface area contributed by atoms with E-state index in [1.54, 1.807) is 6.07 Å². The topological polar surface area (TPSA) is 43.4 Å². The lowest BCUT2D eigenvalue weighted by atomic mass is 9.92. The highest BCUT2D eigenvalue weighted by Crippen LogP contribution is 2.31. The fourth-order valence-electron chi connectivity index (χ4n) is 2.59. The van der Waals surface area contributed by atoms with Crippen LogP contribution in [0.25, 0.3) is 0 Å². The van der Waals surface area contributed by atoms with Gasteiger partial charge >= 0.3 is 0 Å². The third-order valence-corrected chi connectivity index (χ3v) is 5.85. The highest BCUT2D eigenvalue weighted by Gasteiger charge is 2.35. The van der Waals surface area contributed by atoms with Crippen molar-refractivity contribution in [1.82, 2.24) is 0 Å². The summed E-state index contributed by atoms with van der Waals surface area (Å²) in [6, 6.07) is 5.69. The Hall–Kier alpha value is -0.870. The molecule has 17 heavy (non-hydrogen) atoms. The average molecular weight is 252 g/mol. The third-order valence-electron chi connectivity index (χ3n) is 3.71. The molecule has 0 radical (unpaired) electrons. The molecule has 4 heteroatoms. The lowest BCUT2D eigenvalue weighted by Gasteiger charge is -2.28. The first-order valence-corrected chi connectivity index (χ1v) is 7.66. The zero-order valence-corrected chi connectivity index (χ0v) is 10.5. The van der Waals surface area contributed by atoms with Crippen LogP contribution in [0.2, 0.25) is 0 Å². The molecule has 1 fully saturated rings. The largest absolute Gasteiger partial charge is 0.379 e. The second kappa shape index (κ2) is 4.10. The summed E-state index contributed by atoms with van der Waals surface area (Å²) in [4.78, 5) is 0.558. The van der Waals surface area contributed by atoms with Gasteiger partial charge in [0, 0.05) is 0 Å². The van der Waals surface area contributed by atoms with Crippen molar-refractivity contribution in [3.05, 3.63) is 29.3 Å². The minimum atomic E-state index is -3.17. The molecule has 3 nitrogen and oxygen atoms in total. The van der Waals surface area contributed by atoms with Crippen molar-refractivity contribution in [2.24, 2.45) is 0 Å². The van der Waals surface area contributed by atoms with Crippen LogP contribution in [0.4, 0.5) is 0 Å². The summed E-state index contributed by atoms with van der Waals surface area (Å²) in [6.45, 7) is 0.706. The molecule has 0 atom stereocenters. The Morgan fingerprint density at radius 1 is 1.12 bits per heavy atom. The predicted octanol–water partition coefficient (Wildman–Crippen LogP) is 1.74. The lowest BCUT2D eigenvalue weighted by Crippen LogP contribution is -2.41. The van der Waals surface area contributed by atoms with Gasteiger partial charge in [0.1, 0.15) is 5.25 Å². The summed E-state index contributed by atoms with van der Waals surface area (Å²) < 4.78 is 29.8. The van der Waals surface area contributed by atoms with Crippen molar-refractivity contribution in [2.75, 3.05) is 13.2 Å². The van der Waals surface area contributed by atoms with Crippen molar-refractivity contribution in [3.63, 3.8) is 0 Å². The fourth-order valence-corrected chi connectivity index (χ4v) is 4.34. The fraction of sp³-hybridized carbons (Fsp3) is 0.538. The van der Waals surface area contributed by atoms with Gasteiger partial charge in [0.25, 0.3) is 0 Å². The molecule has 1 saturated heterocycles. The summed E-state index contributed by atoms with van der Waals surface area (Å²) in [5.74, 6) is 0. The molecule has 2 aliphatic rings. The molecule has 1 aromatic carbocycles. The minimum absolute atomic E-state index is 0.323. The van der Waals surface area contributed by atoms with Crippen molar-refractivity contribution >= 4 is 9.84 Å². The van der Waals surface area contributed by atoms with E-state index in [2.05, 4.69) is 6.07 Å². The van der Waals surface area contributed by atoms with E-state index in [4.69, 9.17) is 4.74 Å². The smallest absolute Gasteiger partial charge is 0.186 e. The Kier molecular flexibility index (Phi) is 2.71. The van der Waals surface area contributed by atoms with Gasteiger partial charge in [-0.1, -0.05) is 12.1 Å². The summed E-state index contributed by atoms with van der Waals surface area (Å²) in [5.41, 5.74) is 2.28. The number of fused-ring (bicyclic) bond motifs is 1. The monoisotopic (exact) mass is 252 g/mol. The normalized spacial score (nSPS) is 20.7. The Bertz CT molecular complexity index is 530. The average Bonchev–Trinajstić information content (AvgIpc) is 2.25. The molecule has 1 aromatic rings. The third kappa shape index (κ3) is 1.79. The number of aryl methyl sites for hydroxylation is 1. The first-order valence-electron chi connectivity index (χ1n) is 6.12. The quantitative estimate of drug-likeness (QED) is 0.805. The molecular weight excluding hydrogens is 236 g/mol. The van der Waals surface area contributed by atoms with Crippen LogP contribution in [0, 0.1) is 0 Å². The molecule has 0 unspecified atom stereocenters. The number of rotatable bonds is 2. The summed E-state index contributed by atoms with van der Waals surface area (Å²) in [6.07, 6.45) is 4.18. The molecule has 1 aliphatic carbocycles. The molecule has 1 heterocycles. The van der Waals surface area contributed by atoms with E-state index >= 15 is 0 Å². The molecule has 92 valence electrons. The maximum absolute atomic E-state index is 12.4. The van der Waals surface area contributed by atoms with Crippen LogP contribution in [0.5, 0.6) is 0 Å². The predicted molar refractivity (Wildman–Crippen MR) is 64.9 cm³/mol. The SMILES string of the molecule is O=S(=O)(c1cccc2c1CCCC2)C1COC1. The molecule has 0 saturated carbocycles. The van der Waals surface area contributed by atoms with E-state index in [1.807, 2.05) is 6.07 Å². The van der Waals surface area contributed by atoms with Crippen LogP contribution in [0.1, 0.15) is 24.0 Å². The first-order chi connectivity index (χ1) is 8.19. The Morgan fingerprint density at radius 3 is 2.59 bits per heavy atom. The zero-order chi connectivity index (χ0) is 11.9. The van der Waals surface area contributed by atoms with Crippen LogP contribution in [-0.4, -0.2) is 26.9 Å². The van der Waals surface area contributed by atoms with Crippen molar-refractivity contribution < 1.29 is 13.2 Å². The summed E-state index contributed by atoms with van der Waals surface area (Å²) >= 11 is 0. The molecule has 0 aromatic heterocycles. The highest BCUT2D eigenvalue weighted by molar-refractivity contribution is 7.92. The zero-order valence-electron chi connectivity index (χ0n) is 9.69. The van der Waals surface area contributed by atoms with E-state index in [-0.39, 0.29) is 5.25 Å². The van der Waals surface area contributed by atoms with E-state index in [0.717, 1.165) is 24.8 Å². The maximum Gasteiger partial charge on any atom is 0.186 e. The molecular formula is C13H16O3S. The Labute approximate surface area is 102 Å². The van der Waals surface area contributed by atoms with Gasteiger partial charge in [0.15, 0.2) is 9.84 Å². The first kappa shape index (κ1) is 11.2. The molecule has 0 bridgehead atoms. The Balaban J connectivity index is 2.08. The molecule has 1 aliphatic heterocycles. The van der Waals surface area contributed by atoms with Crippen molar-refractivity contribution in [3.8, 4) is 0 Å². The summed E-state index contributed by atoms with van der Waals surface area (Å²) in [5, 5.41) is -0.323. The second-order valence-corrected chi connectivity index (χ2v) is 7.00. The van der Waals surface area contributed by atoms with Crippen LogP contribution in [0.15, 0.2) is 23.1 Å². The number of benzene rings is 1. The Morgan fingerprint density at radius 2 is 1.88 bits per heavy atom. The van der Waals surface area contributed by atoms with Crippen LogP contribution in [0.3, 0.4) is 0 Å². The number of hydrogen-bond donors (Lipinski definition) is 0. The van der Waals surface area contributed by atoms with E-state index in [1.165, 1.54) is 12.0 Å². The van der Waals surface area contributed by atoms with Gasteiger partial charge in [-0.15, -0.1) is 0 Å². The minimum Gasteiger partial charge on any atom is -0.379 e. The van der Waals surface area contributed by atoms with Gasteiger partial charge in [-0.2, -0.15) is 0 Å². The number of hydrogen-bond acceptors (Lipinski definition) is 3. The van der Waals surface area contributed by atoms with Crippen LogP contribution >= 0.6 is 0 Å².